The summed E-state index contributed by atoms with van der Waals surface area (Å²) in [6, 6.07) is 7.30. The first-order valence-corrected chi connectivity index (χ1v) is 6.36. The van der Waals surface area contributed by atoms with Gasteiger partial charge in [0.2, 0.25) is 0 Å². The van der Waals surface area contributed by atoms with Crippen molar-refractivity contribution in [2.45, 2.75) is 26.3 Å². The van der Waals surface area contributed by atoms with Gasteiger partial charge in [-0.15, -0.1) is 0 Å². The van der Waals surface area contributed by atoms with E-state index in [0.717, 1.165) is 23.1 Å². The van der Waals surface area contributed by atoms with Gasteiger partial charge in [-0.25, -0.2) is 0 Å². The molecule has 0 aliphatic heterocycles. The predicted molar refractivity (Wildman–Crippen MR) is 69.7 cm³/mol. The lowest BCUT2D eigenvalue weighted by Gasteiger charge is -2.10. The second kappa shape index (κ2) is 6.17. The molecule has 0 saturated carbocycles. The van der Waals surface area contributed by atoms with Crippen LogP contribution in [0.3, 0.4) is 0 Å². The lowest BCUT2D eigenvalue weighted by molar-refractivity contribution is -0.181. The van der Waals surface area contributed by atoms with Crippen LogP contribution in [0.15, 0.2) is 30.5 Å². The lowest BCUT2D eigenvalue weighted by Crippen LogP contribution is -2.18. The van der Waals surface area contributed by atoms with E-state index >= 15 is 0 Å². The standard InChI is InChI=1S/C14H16F3NO2/c1-2-8-20-13-5-3-4-12-11(13)6-7-18(12)10-19-9-14(15,16)17/h3-7H,2,8-10H2,1H3. The van der Waals surface area contributed by atoms with Crippen LogP contribution in [0, 0.1) is 0 Å². The van der Waals surface area contributed by atoms with E-state index in [9.17, 15) is 13.2 Å². The third kappa shape index (κ3) is 3.66. The zero-order chi connectivity index (χ0) is 14.6. The molecule has 1 aromatic heterocycles. The fourth-order valence-electron chi connectivity index (χ4n) is 1.91. The van der Waals surface area contributed by atoms with E-state index in [1.807, 2.05) is 31.2 Å². The maximum atomic E-state index is 12.0. The highest BCUT2D eigenvalue weighted by Gasteiger charge is 2.27. The molecule has 110 valence electrons. The molecule has 0 spiro atoms. The molecule has 0 unspecified atom stereocenters. The van der Waals surface area contributed by atoms with Gasteiger partial charge in [-0.2, -0.15) is 13.2 Å². The first-order valence-electron chi connectivity index (χ1n) is 6.36. The van der Waals surface area contributed by atoms with Crippen molar-refractivity contribution in [3.63, 3.8) is 0 Å². The number of hydrogen-bond donors (Lipinski definition) is 0. The third-order valence-electron chi connectivity index (χ3n) is 2.73. The molecular formula is C14H16F3NO2. The first kappa shape index (κ1) is 14.7. The Hall–Kier alpha value is -1.69. The van der Waals surface area contributed by atoms with Crippen molar-refractivity contribution >= 4 is 10.9 Å². The number of fused-ring (bicyclic) bond motifs is 1. The van der Waals surface area contributed by atoms with Gasteiger partial charge in [0, 0.05) is 11.6 Å². The largest absolute Gasteiger partial charge is 0.493 e. The Labute approximate surface area is 114 Å². The van der Waals surface area contributed by atoms with Gasteiger partial charge in [-0.3, -0.25) is 0 Å². The van der Waals surface area contributed by atoms with Gasteiger partial charge in [0.05, 0.1) is 12.1 Å². The molecule has 2 aromatic rings. The van der Waals surface area contributed by atoms with Gasteiger partial charge >= 0.3 is 6.18 Å². The van der Waals surface area contributed by atoms with Crippen LogP contribution in [0.5, 0.6) is 5.75 Å². The van der Waals surface area contributed by atoms with Crippen LogP contribution in [0.25, 0.3) is 10.9 Å². The summed E-state index contributed by atoms with van der Waals surface area (Å²) in [5.41, 5.74) is 0.792. The molecule has 2 rings (SSSR count). The van der Waals surface area contributed by atoms with E-state index in [2.05, 4.69) is 4.74 Å². The predicted octanol–water partition coefficient (Wildman–Crippen LogP) is 3.97. The molecule has 0 atom stereocenters. The van der Waals surface area contributed by atoms with Crippen molar-refractivity contribution in [1.29, 1.82) is 0 Å². The molecule has 0 amide bonds. The van der Waals surface area contributed by atoms with E-state index in [-0.39, 0.29) is 6.73 Å². The van der Waals surface area contributed by atoms with Gasteiger partial charge < -0.3 is 14.0 Å². The number of ether oxygens (including phenoxy) is 2. The second-order valence-electron chi connectivity index (χ2n) is 4.42. The highest BCUT2D eigenvalue weighted by molar-refractivity contribution is 5.86. The zero-order valence-electron chi connectivity index (χ0n) is 11.1. The van der Waals surface area contributed by atoms with Gasteiger partial charge in [0.1, 0.15) is 19.1 Å². The molecule has 3 nitrogen and oxygen atoms in total. The van der Waals surface area contributed by atoms with Crippen LogP contribution in [0.1, 0.15) is 13.3 Å². The van der Waals surface area contributed by atoms with Crippen molar-refractivity contribution in [3.05, 3.63) is 30.5 Å². The van der Waals surface area contributed by atoms with Gasteiger partial charge in [0.25, 0.3) is 0 Å². The van der Waals surface area contributed by atoms with E-state index in [1.165, 1.54) is 0 Å². The summed E-state index contributed by atoms with van der Waals surface area (Å²) >= 11 is 0. The molecule has 0 N–H and O–H groups in total. The molecule has 0 fully saturated rings. The van der Waals surface area contributed by atoms with Crippen LogP contribution in [0.2, 0.25) is 0 Å². The summed E-state index contributed by atoms with van der Waals surface area (Å²) in [5, 5.41) is 0.872. The van der Waals surface area contributed by atoms with Crippen molar-refractivity contribution in [2.24, 2.45) is 0 Å². The minimum absolute atomic E-state index is 0.139. The van der Waals surface area contributed by atoms with Crippen LogP contribution in [-0.2, 0) is 11.5 Å². The molecule has 6 heteroatoms. The van der Waals surface area contributed by atoms with Crippen molar-refractivity contribution in [1.82, 2.24) is 4.57 Å². The summed E-state index contributed by atoms with van der Waals surface area (Å²) < 4.78 is 48.0. The first-order chi connectivity index (χ1) is 9.51. The Morgan fingerprint density at radius 1 is 1.20 bits per heavy atom. The van der Waals surface area contributed by atoms with Crippen LogP contribution < -0.4 is 4.74 Å². The fraction of sp³-hybridized carbons (Fsp3) is 0.429. The van der Waals surface area contributed by atoms with Crippen molar-refractivity contribution in [2.75, 3.05) is 13.2 Å². The van der Waals surface area contributed by atoms with Crippen LogP contribution in [0.4, 0.5) is 13.2 Å². The average molecular weight is 287 g/mol. The molecule has 0 bridgehead atoms. The van der Waals surface area contributed by atoms with Crippen LogP contribution >= 0.6 is 0 Å². The molecule has 0 aliphatic carbocycles. The summed E-state index contributed by atoms with van der Waals surface area (Å²) in [5.74, 6) is 0.735. The minimum atomic E-state index is -4.31. The maximum Gasteiger partial charge on any atom is 0.411 e. The Morgan fingerprint density at radius 2 is 2.00 bits per heavy atom. The summed E-state index contributed by atoms with van der Waals surface area (Å²) in [4.78, 5) is 0. The SMILES string of the molecule is CCCOc1cccc2c1ccn2COCC(F)(F)F. The van der Waals surface area contributed by atoms with E-state index in [0.29, 0.717) is 6.61 Å². The Kier molecular flexibility index (Phi) is 4.54. The third-order valence-corrected chi connectivity index (χ3v) is 2.73. The lowest BCUT2D eigenvalue weighted by atomic mass is 10.2. The maximum absolute atomic E-state index is 12.0. The Balaban J connectivity index is 2.11. The molecular weight excluding hydrogens is 271 g/mol. The van der Waals surface area contributed by atoms with E-state index < -0.39 is 12.8 Å². The Bertz CT molecular complexity index is 563. The van der Waals surface area contributed by atoms with Crippen molar-refractivity contribution < 1.29 is 22.6 Å². The summed E-state index contributed by atoms with van der Waals surface area (Å²) in [7, 11) is 0. The fourth-order valence-corrected chi connectivity index (χ4v) is 1.91. The topological polar surface area (TPSA) is 23.4 Å². The summed E-state index contributed by atoms with van der Waals surface area (Å²) in [6.07, 6.45) is -1.72. The highest BCUT2D eigenvalue weighted by atomic mass is 19.4. The minimum Gasteiger partial charge on any atom is -0.493 e. The monoisotopic (exact) mass is 287 g/mol. The van der Waals surface area contributed by atoms with Gasteiger partial charge in [0.15, 0.2) is 0 Å². The quantitative estimate of drug-likeness (QED) is 0.802. The molecule has 1 aromatic carbocycles. The highest BCUT2D eigenvalue weighted by Crippen LogP contribution is 2.27. The zero-order valence-corrected chi connectivity index (χ0v) is 11.1. The molecule has 1 heterocycles. The van der Waals surface area contributed by atoms with E-state index in [4.69, 9.17) is 4.74 Å². The van der Waals surface area contributed by atoms with Crippen molar-refractivity contribution in [3.8, 4) is 5.75 Å². The molecule has 0 saturated heterocycles. The number of halogens is 3. The molecule has 0 aliphatic rings. The average Bonchev–Trinajstić information content (AvgIpc) is 2.79. The number of hydrogen-bond acceptors (Lipinski definition) is 2. The number of alkyl halides is 3. The van der Waals surface area contributed by atoms with E-state index in [1.54, 1.807) is 10.8 Å². The molecule has 20 heavy (non-hydrogen) atoms. The second-order valence-corrected chi connectivity index (χ2v) is 4.42. The normalized spacial score (nSPS) is 12.0. The van der Waals surface area contributed by atoms with Gasteiger partial charge in [-0.05, 0) is 24.6 Å². The Morgan fingerprint density at radius 3 is 2.70 bits per heavy atom. The smallest absolute Gasteiger partial charge is 0.411 e. The number of nitrogens with zero attached hydrogens (tertiary/aromatic N) is 1. The number of rotatable bonds is 6. The van der Waals surface area contributed by atoms with Gasteiger partial charge in [-0.1, -0.05) is 13.0 Å². The van der Waals surface area contributed by atoms with Crippen LogP contribution in [-0.4, -0.2) is 24.0 Å². The summed E-state index contributed by atoms with van der Waals surface area (Å²) in [6.45, 7) is 1.23. The number of aromatic nitrogens is 1. The number of benzene rings is 1. The molecule has 0 radical (unpaired) electrons.